The minimum absolute atomic E-state index is 0.104. The number of ketones is 1. The van der Waals surface area contributed by atoms with Gasteiger partial charge in [0.05, 0.1) is 4.90 Å². The first-order chi connectivity index (χ1) is 13.3. The summed E-state index contributed by atoms with van der Waals surface area (Å²) in [6, 6.07) is 12.2. The van der Waals surface area contributed by atoms with Gasteiger partial charge in [0.15, 0.2) is 5.78 Å². The summed E-state index contributed by atoms with van der Waals surface area (Å²) >= 11 is 3.30. The van der Waals surface area contributed by atoms with Gasteiger partial charge in [0.1, 0.15) is 6.04 Å². The van der Waals surface area contributed by atoms with E-state index in [4.69, 9.17) is 0 Å². The quantitative estimate of drug-likeness (QED) is 0.681. The Hall–Kier alpha value is -2.03. The fourth-order valence-electron chi connectivity index (χ4n) is 3.24. The van der Waals surface area contributed by atoms with Gasteiger partial charge in [0.2, 0.25) is 15.9 Å². The number of hydrogen-bond donors (Lipinski definition) is 1. The second-order valence-corrected chi connectivity index (χ2v) is 9.51. The molecule has 1 amide bonds. The number of benzene rings is 2. The Morgan fingerprint density at radius 2 is 1.82 bits per heavy atom. The first-order valence-electron chi connectivity index (χ1n) is 8.98. The van der Waals surface area contributed by atoms with Crippen LogP contribution in [-0.2, 0) is 14.8 Å². The van der Waals surface area contributed by atoms with Gasteiger partial charge in [-0.15, -0.1) is 0 Å². The maximum atomic E-state index is 13.1. The lowest BCUT2D eigenvalue weighted by molar-refractivity contribution is -0.120. The van der Waals surface area contributed by atoms with E-state index >= 15 is 0 Å². The smallest absolute Gasteiger partial charge is 0.243 e. The van der Waals surface area contributed by atoms with E-state index in [1.54, 1.807) is 36.4 Å². The summed E-state index contributed by atoms with van der Waals surface area (Å²) in [4.78, 5) is 24.6. The Morgan fingerprint density at radius 1 is 1.11 bits per heavy atom. The molecule has 28 heavy (non-hydrogen) atoms. The van der Waals surface area contributed by atoms with Crippen molar-refractivity contribution in [2.45, 2.75) is 37.1 Å². The molecule has 6 nitrogen and oxygen atoms in total. The number of piperidine rings is 1. The van der Waals surface area contributed by atoms with Gasteiger partial charge in [0, 0.05) is 22.3 Å². The predicted molar refractivity (Wildman–Crippen MR) is 111 cm³/mol. The Kier molecular flexibility index (Phi) is 6.32. The molecule has 0 bridgehead atoms. The topological polar surface area (TPSA) is 83.6 Å². The van der Waals surface area contributed by atoms with Crippen molar-refractivity contribution >= 4 is 43.3 Å². The number of nitrogens with zero attached hydrogens (tertiary/aromatic N) is 1. The molecule has 0 spiro atoms. The van der Waals surface area contributed by atoms with Crippen LogP contribution in [0.5, 0.6) is 0 Å². The van der Waals surface area contributed by atoms with E-state index in [-0.39, 0.29) is 16.6 Å². The van der Waals surface area contributed by atoms with Gasteiger partial charge in [-0.05, 0) is 56.2 Å². The van der Waals surface area contributed by atoms with E-state index in [1.165, 1.54) is 23.4 Å². The molecule has 2 aromatic rings. The second-order valence-electron chi connectivity index (χ2n) is 6.71. The van der Waals surface area contributed by atoms with Crippen LogP contribution in [0, 0.1) is 0 Å². The number of amides is 1. The number of Topliss-reactive ketones (excluding diaryl/α,β-unsaturated/α-hetero) is 1. The molecular weight excluding hydrogens is 444 g/mol. The molecule has 1 heterocycles. The number of halogens is 1. The molecule has 1 aliphatic rings. The van der Waals surface area contributed by atoms with Crippen molar-refractivity contribution in [2.75, 3.05) is 11.9 Å². The Balaban J connectivity index is 1.84. The van der Waals surface area contributed by atoms with Crippen LogP contribution in [0.1, 0.15) is 36.5 Å². The highest BCUT2D eigenvalue weighted by Gasteiger charge is 2.37. The molecule has 1 atom stereocenters. The van der Waals surface area contributed by atoms with Gasteiger partial charge in [-0.2, -0.15) is 4.31 Å². The van der Waals surface area contributed by atoms with E-state index in [0.29, 0.717) is 30.6 Å². The van der Waals surface area contributed by atoms with Crippen LogP contribution in [0.4, 0.5) is 5.69 Å². The van der Waals surface area contributed by atoms with E-state index in [9.17, 15) is 18.0 Å². The monoisotopic (exact) mass is 464 g/mol. The van der Waals surface area contributed by atoms with Crippen LogP contribution >= 0.6 is 15.9 Å². The van der Waals surface area contributed by atoms with E-state index in [1.807, 2.05) is 0 Å². The molecule has 0 unspecified atom stereocenters. The maximum Gasteiger partial charge on any atom is 0.243 e. The summed E-state index contributed by atoms with van der Waals surface area (Å²) in [7, 11) is -3.79. The lowest BCUT2D eigenvalue weighted by Gasteiger charge is -2.33. The van der Waals surface area contributed by atoms with Gasteiger partial charge in [-0.3, -0.25) is 9.59 Å². The zero-order valence-electron chi connectivity index (χ0n) is 15.4. The molecular formula is C20H21BrN2O4S. The fraction of sp³-hybridized carbons (Fsp3) is 0.300. The van der Waals surface area contributed by atoms with E-state index in [0.717, 1.165) is 10.9 Å². The molecule has 0 radical (unpaired) electrons. The zero-order valence-corrected chi connectivity index (χ0v) is 17.8. The molecule has 3 rings (SSSR count). The molecule has 0 aromatic heterocycles. The molecule has 1 saturated heterocycles. The molecule has 2 aromatic carbocycles. The number of carbonyl (C=O) groups is 2. The predicted octanol–water partition coefficient (Wildman–Crippen LogP) is 3.83. The van der Waals surface area contributed by atoms with Crippen LogP contribution in [-0.4, -0.2) is 37.0 Å². The van der Waals surface area contributed by atoms with Crippen molar-refractivity contribution in [2.24, 2.45) is 0 Å². The van der Waals surface area contributed by atoms with Crippen LogP contribution in [0.25, 0.3) is 0 Å². The normalized spacial score (nSPS) is 17.9. The summed E-state index contributed by atoms with van der Waals surface area (Å²) in [6.45, 7) is 1.75. The molecule has 1 aliphatic heterocycles. The van der Waals surface area contributed by atoms with Crippen LogP contribution in [0.15, 0.2) is 57.9 Å². The molecule has 0 aliphatic carbocycles. The molecule has 8 heteroatoms. The first kappa shape index (κ1) is 20.7. The van der Waals surface area contributed by atoms with Crippen molar-refractivity contribution in [3.05, 3.63) is 58.6 Å². The average Bonchev–Trinajstić information content (AvgIpc) is 2.68. The van der Waals surface area contributed by atoms with Crippen molar-refractivity contribution in [3.8, 4) is 0 Å². The average molecular weight is 465 g/mol. The van der Waals surface area contributed by atoms with Crippen LogP contribution in [0.3, 0.4) is 0 Å². The molecule has 1 fully saturated rings. The fourth-order valence-corrected chi connectivity index (χ4v) is 5.16. The molecule has 148 valence electrons. The third-order valence-electron chi connectivity index (χ3n) is 4.71. The van der Waals surface area contributed by atoms with Gasteiger partial charge in [0.25, 0.3) is 0 Å². The van der Waals surface area contributed by atoms with Crippen molar-refractivity contribution in [1.82, 2.24) is 4.31 Å². The van der Waals surface area contributed by atoms with Gasteiger partial charge in [-0.25, -0.2) is 8.42 Å². The summed E-state index contributed by atoms with van der Waals surface area (Å²) in [6.07, 6.45) is 1.94. The number of carbonyl (C=O) groups excluding carboxylic acids is 2. The maximum absolute atomic E-state index is 13.1. The van der Waals surface area contributed by atoms with Crippen LogP contribution < -0.4 is 5.32 Å². The third kappa shape index (κ3) is 4.51. The highest BCUT2D eigenvalue weighted by atomic mass is 79.9. The minimum Gasteiger partial charge on any atom is -0.325 e. The van der Waals surface area contributed by atoms with E-state index in [2.05, 4.69) is 21.2 Å². The summed E-state index contributed by atoms with van der Waals surface area (Å²) in [5, 5.41) is 2.76. The largest absolute Gasteiger partial charge is 0.325 e. The van der Waals surface area contributed by atoms with Gasteiger partial charge in [-0.1, -0.05) is 34.5 Å². The number of hydrogen-bond acceptors (Lipinski definition) is 4. The summed E-state index contributed by atoms with van der Waals surface area (Å²) in [5.74, 6) is -0.491. The Morgan fingerprint density at radius 3 is 2.50 bits per heavy atom. The van der Waals surface area contributed by atoms with Gasteiger partial charge < -0.3 is 5.32 Å². The third-order valence-corrected chi connectivity index (χ3v) is 7.16. The van der Waals surface area contributed by atoms with Gasteiger partial charge >= 0.3 is 0 Å². The Bertz CT molecular complexity index is 990. The summed E-state index contributed by atoms with van der Waals surface area (Å²) in [5.41, 5.74) is 0.963. The molecule has 1 N–H and O–H groups in total. The number of nitrogens with one attached hydrogen (secondary N) is 1. The highest BCUT2D eigenvalue weighted by Crippen LogP contribution is 2.27. The number of rotatable bonds is 5. The van der Waals surface area contributed by atoms with Crippen LogP contribution in [0.2, 0.25) is 0 Å². The van der Waals surface area contributed by atoms with Crippen molar-refractivity contribution in [3.63, 3.8) is 0 Å². The lowest BCUT2D eigenvalue weighted by Crippen LogP contribution is -2.49. The van der Waals surface area contributed by atoms with E-state index < -0.39 is 16.1 Å². The molecule has 0 saturated carbocycles. The SMILES string of the molecule is CC(=O)c1cccc(NC(=O)[C@@H]2CCCCN2S(=O)(=O)c2ccc(Br)cc2)c1. The highest BCUT2D eigenvalue weighted by molar-refractivity contribution is 9.10. The van der Waals surface area contributed by atoms with Crippen molar-refractivity contribution in [1.29, 1.82) is 0 Å². The lowest BCUT2D eigenvalue weighted by atomic mass is 10.0. The minimum atomic E-state index is -3.79. The number of anilines is 1. The first-order valence-corrected chi connectivity index (χ1v) is 11.2. The second kappa shape index (κ2) is 8.55. The zero-order chi connectivity index (χ0) is 20.3. The standard InChI is InChI=1S/C20H21BrN2O4S/c1-14(24)15-5-4-6-17(13-15)22-20(25)19-7-2-3-12-23(19)28(26,27)18-10-8-16(21)9-11-18/h4-6,8-11,13,19H,2-3,7,12H2,1H3,(H,22,25)/t19-/m0/s1. The number of sulfonamides is 1. The Labute approximate surface area is 173 Å². The summed E-state index contributed by atoms with van der Waals surface area (Å²) < 4.78 is 28.3. The van der Waals surface area contributed by atoms with Crippen molar-refractivity contribution < 1.29 is 18.0 Å².